The second-order valence-corrected chi connectivity index (χ2v) is 5.94. The van der Waals surface area contributed by atoms with E-state index < -0.39 is 0 Å². The smallest absolute Gasteiger partial charge is 0.0734 e. The molecule has 2 aromatic carbocycles. The van der Waals surface area contributed by atoms with E-state index in [2.05, 4.69) is 65.6 Å². The molecule has 0 aromatic heterocycles. The number of allylic oxidation sites excluding steroid dienone is 1. The minimum Gasteiger partial charge on any atom is -0.391 e. The van der Waals surface area contributed by atoms with Gasteiger partial charge in [-0.15, -0.1) is 0 Å². The fourth-order valence-electron chi connectivity index (χ4n) is 3.07. The van der Waals surface area contributed by atoms with Crippen LogP contribution in [0.4, 0.5) is 0 Å². The first-order valence-electron chi connectivity index (χ1n) is 7.99. The lowest BCUT2D eigenvalue weighted by Crippen LogP contribution is -2.42. The first kappa shape index (κ1) is 15.0. The van der Waals surface area contributed by atoms with Crippen LogP contribution >= 0.6 is 0 Å². The maximum atomic E-state index is 10.4. The van der Waals surface area contributed by atoms with E-state index in [1.807, 2.05) is 12.1 Å². The third-order valence-corrected chi connectivity index (χ3v) is 4.24. The standard InChI is InChI=1S/C20H23NO/c22-20-14-8-7-13-19(20)21(15-17-9-3-1-4-10-17)16-18-11-5-2-6-12-18/h1-7,9-13,19-20,22H,8,14-16H2/t19-,20-/m0/s1. The second kappa shape index (κ2) is 7.39. The van der Waals surface area contributed by atoms with Gasteiger partial charge in [0.15, 0.2) is 0 Å². The number of nitrogens with zero attached hydrogens (tertiary/aromatic N) is 1. The lowest BCUT2D eigenvalue weighted by molar-refractivity contribution is 0.0546. The van der Waals surface area contributed by atoms with Crippen LogP contribution in [0.3, 0.4) is 0 Å². The van der Waals surface area contributed by atoms with Gasteiger partial charge in [-0.2, -0.15) is 0 Å². The van der Waals surface area contributed by atoms with Crippen LogP contribution < -0.4 is 0 Å². The van der Waals surface area contributed by atoms with Crippen LogP contribution in [0.25, 0.3) is 0 Å². The van der Waals surface area contributed by atoms with Crippen molar-refractivity contribution in [2.45, 2.75) is 38.1 Å². The highest BCUT2D eigenvalue weighted by atomic mass is 16.3. The summed E-state index contributed by atoms with van der Waals surface area (Å²) in [5.41, 5.74) is 2.56. The van der Waals surface area contributed by atoms with Gasteiger partial charge in [0.2, 0.25) is 0 Å². The van der Waals surface area contributed by atoms with Gasteiger partial charge in [0.25, 0.3) is 0 Å². The SMILES string of the molecule is O[C@H]1CCC=C[C@@H]1N(Cc1ccccc1)Cc1ccccc1. The molecule has 0 spiro atoms. The predicted molar refractivity (Wildman–Crippen MR) is 90.3 cm³/mol. The van der Waals surface area contributed by atoms with E-state index in [4.69, 9.17) is 0 Å². The number of hydrogen-bond donors (Lipinski definition) is 1. The molecule has 0 saturated carbocycles. The first-order valence-corrected chi connectivity index (χ1v) is 7.99. The summed E-state index contributed by atoms with van der Waals surface area (Å²) in [6, 6.07) is 21.1. The predicted octanol–water partition coefficient (Wildman–Crippen LogP) is 3.77. The van der Waals surface area contributed by atoms with Crippen molar-refractivity contribution in [1.29, 1.82) is 0 Å². The minimum atomic E-state index is -0.280. The van der Waals surface area contributed by atoms with Crippen LogP contribution in [0.5, 0.6) is 0 Å². The Balaban J connectivity index is 1.81. The van der Waals surface area contributed by atoms with Gasteiger partial charge >= 0.3 is 0 Å². The Kier molecular flexibility index (Phi) is 5.04. The fraction of sp³-hybridized carbons (Fsp3) is 0.300. The highest BCUT2D eigenvalue weighted by molar-refractivity contribution is 5.18. The number of hydrogen-bond acceptors (Lipinski definition) is 2. The Morgan fingerprint density at radius 1 is 0.864 bits per heavy atom. The van der Waals surface area contributed by atoms with Gasteiger partial charge in [0, 0.05) is 13.1 Å². The molecule has 1 N–H and O–H groups in total. The molecule has 0 fully saturated rings. The summed E-state index contributed by atoms with van der Waals surface area (Å²) in [4.78, 5) is 2.37. The second-order valence-electron chi connectivity index (χ2n) is 5.94. The summed E-state index contributed by atoms with van der Waals surface area (Å²) >= 11 is 0. The number of aliphatic hydroxyl groups is 1. The topological polar surface area (TPSA) is 23.5 Å². The molecule has 0 saturated heterocycles. The number of aliphatic hydroxyl groups excluding tert-OH is 1. The third kappa shape index (κ3) is 3.85. The Morgan fingerprint density at radius 3 is 1.91 bits per heavy atom. The molecule has 0 unspecified atom stereocenters. The molecular weight excluding hydrogens is 270 g/mol. The molecule has 0 amide bonds. The summed E-state index contributed by atoms with van der Waals surface area (Å²) < 4.78 is 0. The molecule has 2 atom stereocenters. The highest BCUT2D eigenvalue weighted by Gasteiger charge is 2.25. The van der Waals surface area contributed by atoms with Crippen molar-refractivity contribution in [1.82, 2.24) is 4.90 Å². The number of benzene rings is 2. The Hall–Kier alpha value is -1.90. The van der Waals surface area contributed by atoms with Crippen molar-refractivity contribution in [2.75, 3.05) is 0 Å². The average Bonchev–Trinajstić information content (AvgIpc) is 2.57. The molecule has 0 aliphatic heterocycles. The van der Waals surface area contributed by atoms with E-state index in [1.54, 1.807) is 0 Å². The van der Waals surface area contributed by atoms with Crippen molar-refractivity contribution in [3.63, 3.8) is 0 Å². The van der Waals surface area contributed by atoms with Crippen LogP contribution in [-0.4, -0.2) is 22.2 Å². The zero-order valence-corrected chi connectivity index (χ0v) is 12.8. The van der Waals surface area contributed by atoms with Crippen LogP contribution in [0, 0.1) is 0 Å². The Labute approximate surface area is 132 Å². The van der Waals surface area contributed by atoms with Crippen molar-refractivity contribution in [3.8, 4) is 0 Å². The molecule has 114 valence electrons. The van der Waals surface area contributed by atoms with Crippen molar-refractivity contribution in [3.05, 3.63) is 83.9 Å². The maximum Gasteiger partial charge on any atom is 0.0734 e. The lowest BCUT2D eigenvalue weighted by atomic mass is 9.97. The fourth-order valence-corrected chi connectivity index (χ4v) is 3.07. The zero-order valence-electron chi connectivity index (χ0n) is 12.8. The lowest BCUT2D eigenvalue weighted by Gasteiger charge is -2.35. The average molecular weight is 293 g/mol. The van der Waals surface area contributed by atoms with E-state index in [1.165, 1.54) is 11.1 Å². The van der Waals surface area contributed by atoms with Crippen molar-refractivity contribution in [2.24, 2.45) is 0 Å². The Morgan fingerprint density at radius 2 is 1.41 bits per heavy atom. The van der Waals surface area contributed by atoms with Crippen molar-refractivity contribution < 1.29 is 5.11 Å². The molecule has 2 nitrogen and oxygen atoms in total. The zero-order chi connectivity index (χ0) is 15.2. The van der Waals surface area contributed by atoms with Gasteiger partial charge in [-0.25, -0.2) is 0 Å². The van der Waals surface area contributed by atoms with Crippen LogP contribution in [0.1, 0.15) is 24.0 Å². The van der Waals surface area contributed by atoms with Crippen LogP contribution in [0.2, 0.25) is 0 Å². The van der Waals surface area contributed by atoms with E-state index in [9.17, 15) is 5.11 Å². The molecule has 3 rings (SSSR count). The van der Waals surface area contributed by atoms with E-state index in [0.29, 0.717) is 0 Å². The van der Waals surface area contributed by atoms with Gasteiger partial charge in [0.1, 0.15) is 0 Å². The van der Waals surface area contributed by atoms with Crippen LogP contribution in [0.15, 0.2) is 72.8 Å². The largest absolute Gasteiger partial charge is 0.391 e. The molecule has 0 bridgehead atoms. The van der Waals surface area contributed by atoms with E-state index in [0.717, 1.165) is 25.9 Å². The monoisotopic (exact) mass is 293 g/mol. The highest BCUT2D eigenvalue weighted by Crippen LogP contribution is 2.22. The molecule has 1 aliphatic rings. The van der Waals surface area contributed by atoms with E-state index >= 15 is 0 Å². The molecule has 0 radical (unpaired) electrons. The van der Waals surface area contributed by atoms with Gasteiger partial charge in [0.05, 0.1) is 12.1 Å². The normalized spacial score (nSPS) is 21.2. The first-order chi connectivity index (χ1) is 10.8. The molecule has 2 heteroatoms. The summed E-state index contributed by atoms with van der Waals surface area (Å²) in [6.45, 7) is 1.70. The minimum absolute atomic E-state index is 0.0918. The Bertz CT molecular complexity index is 552. The van der Waals surface area contributed by atoms with Gasteiger partial charge in [-0.3, -0.25) is 4.90 Å². The van der Waals surface area contributed by atoms with Gasteiger partial charge in [-0.05, 0) is 24.0 Å². The van der Waals surface area contributed by atoms with Crippen LogP contribution in [-0.2, 0) is 13.1 Å². The quantitative estimate of drug-likeness (QED) is 0.848. The van der Waals surface area contributed by atoms with Gasteiger partial charge < -0.3 is 5.11 Å². The molecule has 2 aromatic rings. The molecule has 1 aliphatic carbocycles. The maximum absolute atomic E-state index is 10.4. The summed E-state index contributed by atoms with van der Waals surface area (Å²) in [7, 11) is 0. The third-order valence-electron chi connectivity index (χ3n) is 4.24. The van der Waals surface area contributed by atoms with E-state index in [-0.39, 0.29) is 12.1 Å². The molecule has 22 heavy (non-hydrogen) atoms. The molecular formula is C20H23NO. The molecule has 0 heterocycles. The van der Waals surface area contributed by atoms with Crippen molar-refractivity contribution >= 4 is 0 Å². The summed E-state index contributed by atoms with van der Waals surface area (Å²) in [5, 5.41) is 10.4. The van der Waals surface area contributed by atoms with Gasteiger partial charge in [-0.1, -0.05) is 72.8 Å². The number of rotatable bonds is 5. The summed E-state index contributed by atoms with van der Waals surface area (Å²) in [6.07, 6.45) is 5.90. The summed E-state index contributed by atoms with van der Waals surface area (Å²) in [5.74, 6) is 0.